The molecule has 0 aliphatic carbocycles. The first-order valence-corrected chi connectivity index (χ1v) is 5.15. The van der Waals surface area contributed by atoms with E-state index in [0.717, 1.165) is 5.56 Å². The second-order valence-corrected chi connectivity index (χ2v) is 3.64. The molecule has 86 valence electrons. The highest BCUT2D eigenvalue weighted by Crippen LogP contribution is 2.33. The van der Waals surface area contributed by atoms with Crippen molar-refractivity contribution in [2.24, 2.45) is 0 Å². The van der Waals surface area contributed by atoms with Gasteiger partial charge in [-0.15, -0.1) is 0 Å². The summed E-state index contributed by atoms with van der Waals surface area (Å²) in [6, 6.07) is 11.9. The van der Waals surface area contributed by atoms with Crippen LogP contribution in [-0.4, -0.2) is 15.3 Å². The van der Waals surface area contributed by atoms with Crippen LogP contribution >= 0.6 is 0 Å². The van der Waals surface area contributed by atoms with Gasteiger partial charge in [0.15, 0.2) is 0 Å². The lowest BCUT2D eigenvalue weighted by molar-refractivity contribution is 0.426. The largest absolute Gasteiger partial charge is 0.508 e. The van der Waals surface area contributed by atoms with Crippen LogP contribution in [0.4, 0.5) is 0 Å². The van der Waals surface area contributed by atoms with E-state index in [2.05, 4.69) is 0 Å². The van der Waals surface area contributed by atoms with Gasteiger partial charge >= 0.3 is 0 Å². The number of hydrogen-bond donors (Lipinski definition) is 3. The molecule has 2 aromatic carbocycles. The van der Waals surface area contributed by atoms with Crippen molar-refractivity contribution in [2.45, 2.75) is 0 Å². The molecule has 2 aromatic rings. The van der Waals surface area contributed by atoms with Gasteiger partial charge in [-0.05, 0) is 11.6 Å². The lowest BCUT2D eigenvalue weighted by Gasteiger charge is -2.03. The molecule has 0 bridgehead atoms. The van der Waals surface area contributed by atoms with Crippen molar-refractivity contribution in [1.82, 2.24) is 0 Å². The lowest BCUT2D eigenvalue weighted by atomic mass is 10.1. The van der Waals surface area contributed by atoms with Crippen molar-refractivity contribution < 1.29 is 15.3 Å². The average molecular weight is 228 g/mol. The third kappa shape index (κ3) is 2.58. The maximum Gasteiger partial charge on any atom is 0.130 e. The van der Waals surface area contributed by atoms with Gasteiger partial charge in [-0.1, -0.05) is 36.4 Å². The summed E-state index contributed by atoms with van der Waals surface area (Å²) >= 11 is 0. The highest BCUT2D eigenvalue weighted by atomic mass is 16.3. The molecule has 0 atom stereocenters. The molecule has 0 saturated heterocycles. The fourth-order valence-corrected chi connectivity index (χ4v) is 1.52. The molecule has 0 spiro atoms. The predicted molar refractivity (Wildman–Crippen MR) is 66.8 cm³/mol. The Labute approximate surface area is 98.9 Å². The van der Waals surface area contributed by atoms with Crippen LogP contribution in [0.2, 0.25) is 0 Å². The van der Waals surface area contributed by atoms with E-state index in [1.807, 2.05) is 30.3 Å². The van der Waals surface area contributed by atoms with Crippen LogP contribution < -0.4 is 0 Å². The zero-order valence-electron chi connectivity index (χ0n) is 9.04. The van der Waals surface area contributed by atoms with Gasteiger partial charge in [0.25, 0.3) is 0 Å². The first-order valence-electron chi connectivity index (χ1n) is 5.15. The Hall–Kier alpha value is -2.42. The van der Waals surface area contributed by atoms with E-state index in [1.165, 1.54) is 12.1 Å². The summed E-state index contributed by atoms with van der Waals surface area (Å²) in [7, 11) is 0. The maximum absolute atomic E-state index is 9.58. The Balaban J connectivity index is 2.34. The first kappa shape index (κ1) is 11.1. The summed E-state index contributed by atoms with van der Waals surface area (Å²) in [5.74, 6) is -0.485. The van der Waals surface area contributed by atoms with E-state index in [9.17, 15) is 10.2 Å². The van der Waals surface area contributed by atoms with Gasteiger partial charge in [0.2, 0.25) is 0 Å². The maximum atomic E-state index is 9.58. The van der Waals surface area contributed by atoms with Gasteiger partial charge in [0.05, 0.1) is 5.56 Å². The van der Waals surface area contributed by atoms with Crippen LogP contribution in [0.3, 0.4) is 0 Å². The molecule has 3 nitrogen and oxygen atoms in total. The smallest absolute Gasteiger partial charge is 0.130 e. The summed E-state index contributed by atoms with van der Waals surface area (Å²) in [6.45, 7) is 0. The summed E-state index contributed by atoms with van der Waals surface area (Å²) in [4.78, 5) is 0. The van der Waals surface area contributed by atoms with Crippen LogP contribution in [0.25, 0.3) is 12.2 Å². The second-order valence-electron chi connectivity index (χ2n) is 3.64. The SMILES string of the molecule is Oc1cc(O)c(C=Cc2ccccc2)c(O)c1. The lowest BCUT2D eigenvalue weighted by Crippen LogP contribution is -1.78. The normalized spacial score (nSPS) is 10.8. The van der Waals surface area contributed by atoms with Crippen LogP contribution in [0.1, 0.15) is 11.1 Å². The first-order chi connectivity index (χ1) is 8.16. The molecular formula is C14H12O3. The molecular weight excluding hydrogens is 216 g/mol. The topological polar surface area (TPSA) is 60.7 Å². The molecule has 0 amide bonds. The minimum Gasteiger partial charge on any atom is -0.508 e. The van der Waals surface area contributed by atoms with Gasteiger partial charge in [-0.25, -0.2) is 0 Å². The highest BCUT2D eigenvalue weighted by Gasteiger charge is 2.06. The number of rotatable bonds is 2. The minimum absolute atomic E-state index is 0.158. The predicted octanol–water partition coefficient (Wildman–Crippen LogP) is 2.97. The van der Waals surface area contributed by atoms with E-state index in [4.69, 9.17) is 5.11 Å². The monoisotopic (exact) mass is 228 g/mol. The van der Waals surface area contributed by atoms with Crippen LogP contribution in [0, 0.1) is 0 Å². The second kappa shape index (κ2) is 4.61. The van der Waals surface area contributed by atoms with Crippen LogP contribution in [-0.2, 0) is 0 Å². The van der Waals surface area contributed by atoms with Crippen molar-refractivity contribution in [1.29, 1.82) is 0 Å². The summed E-state index contributed by atoms with van der Waals surface area (Å²) in [5.41, 5.74) is 1.24. The minimum atomic E-state index is -0.170. The van der Waals surface area contributed by atoms with Crippen LogP contribution in [0.15, 0.2) is 42.5 Å². The quantitative estimate of drug-likeness (QED) is 0.692. The van der Waals surface area contributed by atoms with Gasteiger partial charge in [0.1, 0.15) is 17.2 Å². The van der Waals surface area contributed by atoms with Crippen molar-refractivity contribution in [3.63, 3.8) is 0 Å². The van der Waals surface area contributed by atoms with Crippen molar-refractivity contribution in [3.05, 3.63) is 53.6 Å². The fraction of sp³-hybridized carbons (Fsp3) is 0. The zero-order chi connectivity index (χ0) is 12.3. The van der Waals surface area contributed by atoms with Gasteiger partial charge in [-0.2, -0.15) is 0 Å². The van der Waals surface area contributed by atoms with Gasteiger partial charge in [-0.3, -0.25) is 0 Å². The van der Waals surface area contributed by atoms with E-state index in [1.54, 1.807) is 12.2 Å². The molecule has 2 rings (SSSR count). The van der Waals surface area contributed by atoms with Crippen molar-refractivity contribution in [3.8, 4) is 17.2 Å². The van der Waals surface area contributed by atoms with Gasteiger partial charge in [0, 0.05) is 12.1 Å². The number of benzene rings is 2. The fourth-order valence-electron chi connectivity index (χ4n) is 1.52. The average Bonchev–Trinajstić information content (AvgIpc) is 2.29. The molecule has 17 heavy (non-hydrogen) atoms. The Morgan fingerprint density at radius 1 is 0.765 bits per heavy atom. The molecule has 3 heteroatoms. The zero-order valence-corrected chi connectivity index (χ0v) is 9.04. The van der Waals surface area contributed by atoms with E-state index in [-0.39, 0.29) is 22.8 Å². The molecule has 0 saturated carbocycles. The molecule has 3 N–H and O–H groups in total. The molecule has 0 unspecified atom stereocenters. The Kier molecular flexibility index (Phi) is 3.01. The third-order valence-electron chi connectivity index (χ3n) is 2.36. The number of hydrogen-bond acceptors (Lipinski definition) is 3. The van der Waals surface area contributed by atoms with E-state index in [0.29, 0.717) is 0 Å². The van der Waals surface area contributed by atoms with E-state index >= 15 is 0 Å². The Morgan fingerprint density at radius 2 is 1.35 bits per heavy atom. The summed E-state index contributed by atoms with van der Waals surface area (Å²) in [5, 5.41) is 28.3. The van der Waals surface area contributed by atoms with E-state index < -0.39 is 0 Å². The van der Waals surface area contributed by atoms with Crippen molar-refractivity contribution >= 4 is 12.2 Å². The Morgan fingerprint density at radius 3 is 1.94 bits per heavy atom. The van der Waals surface area contributed by atoms with Crippen molar-refractivity contribution in [2.75, 3.05) is 0 Å². The van der Waals surface area contributed by atoms with Gasteiger partial charge < -0.3 is 15.3 Å². The molecule has 0 aromatic heterocycles. The number of aromatic hydroxyl groups is 3. The Bertz CT molecular complexity index is 522. The number of phenols is 3. The molecule has 0 heterocycles. The number of phenolic OH excluding ortho intramolecular Hbond substituents is 3. The molecule has 0 aliphatic rings. The van der Waals surface area contributed by atoms with Crippen LogP contribution in [0.5, 0.6) is 17.2 Å². The third-order valence-corrected chi connectivity index (χ3v) is 2.36. The summed E-state index contributed by atoms with van der Waals surface area (Å²) < 4.78 is 0. The molecule has 0 radical (unpaired) electrons. The summed E-state index contributed by atoms with van der Waals surface area (Å²) in [6.07, 6.45) is 3.37. The molecule has 0 aliphatic heterocycles. The molecule has 0 fully saturated rings. The standard InChI is InChI=1S/C14H12O3/c15-11-8-13(16)12(14(17)9-11)7-6-10-4-2-1-3-5-10/h1-9,15-17H. The highest BCUT2D eigenvalue weighted by molar-refractivity contribution is 5.76.